The minimum absolute atomic E-state index is 0.0275. The SMILES string of the molecule is O=S(=O)(SS(=O)(=O)c1ccccc1-c1ccc(-c2ccccc2)cc1)c1ccccc1-c1ccc(-c2ccccc2)cc1. The molecule has 43 heavy (non-hydrogen) atoms. The smallest absolute Gasteiger partial charge is 0.211 e. The molecule has 0 heterocycles. The lowest BCUT2D eigenvalue weighted by atomic mass is 10.0. The average molecular weight is 619 g/mol. The fourth-order valence-corrected chi connectivity index (χ4v) is 12.2. The molecule has 0 spiro atoms. The number of rotatable bonds is 8. The monoisotopic (exact) mass is 618 g/mol. The van der Waals surface area contributed by atoms with Crippen molar-refractivity contribution in [2.45, 2.75) is 9.79 Å². The highest BCUT2D eigenvalue weighted by molar-refractivity contribution is 9.04. The van der Waals surface area contributed by atoms with Gasteiger partial charge in [0.25, 0.3) is 0 Å². The van der Waals surface area contributed by atoms with Crippen molar-refractivity contribution in [1.29, 1.82) is 0 Å². The van der Waals surface area contributed by atoms with Gasteiger partial charge >= 0.3 is 0 Å². The summed E-state index contributed by atoms with van der Waals surface area (Å²) in [6.07, 6.45) is 0. The molecule has 0 aromatic heterocycles. The summed E-state index contributed by atoms with van der Waals surface area (Å²) in [5.41, 5.74) is 6.32. The highest BCUT2D eigenvalue weighted by atomic mass is 33.5. The predicted molar refractivity (Wildman–Crippen MR) is 177 cm³/mol. The van der Waals surface area contributed by atoms with Crippen LogP contribution in [0, 0.1) is 0 Å². The number of hydrogen-bond donors (Lipinski definition) is 0. The molecule has 0 bridgehead atoms. The van der Waals surface area contributed by atoms with Crippen LogP contribution < -0.4 is 0 Å². The van der Waals surface area contributed by atoms with Crippen LogP contribution in [-0.2, 0) is 17.7 Å². The van der Waals surface area contributed by atoms with Crippen LogP contribution in [0.3, 0.4) is 0 Å². The van der Waals surface area contributed by atoms with Crippen molar-refractivity contribution < 1.29 is 16.8 Å². The zero-order valence-electron chi connectivity index (χ0n) is 22.9. The fraction of sp³-hybridized carbons (Fsp3) is 0. The van der Waals surface area contributed by atoms with E-state index in [0.29, 0.717) is 22.3 Å². The maximum absolute atomic E-state index is 13.7. The van der Waals surface area contributed by atoms with Crippen molar-refractivity contribution >= 4 is 27.6 Å². The van der Waals surface area contributed by atoms with E-state index in [4.69, 9.17) is 0 Å². The molecule has 0 unspecified atom stereocenters. The van der Waals surface area contributed by atoms with Gasteiger partial charge in [-0.15, -0.1) is 0 Å². The maximum Gasteiger partial charge on any atom is 0.245 e. The van der Waals surface area contributed by atoms with Gasteiger partial charge in [0.2, 0.25) is 17.7 Å². The Balaban J connectivity index is 1.31. The molecule has 6 aromatic rings. The van der Waals surface area contributed by atoms with Crippen LogP contribution in [0.1, 0.15) is 0 Å². The fourth-order valence-electron chi connectivity index (χ4n) is 4.98. The highest BCUT2D eigenvalue weighted by Crippen LogP contribution is 2.41. The van der Waals surface area contributed by atoms with Gasteiger partial charge < -0.3 is 0 Å². The summed E-state index contributed by atoms with van der Waals surface area (Å²) in [5, 5.41) is 0. The third kappa shape index (κ3) is 6.20. The van der Waals surface area contributed by atoms with Crippen LogP contribution in [0.25, 0.3) is 44.5 Å². The van der Waals surface area contributed by atoms with E-state index in [1.807, 2.05) is 109 Å². The first-order valence-electron chi connectivity index (χ1n) is 13.5. The Morgan fingerprint density at radius 2 is 0.581 bits per heavy atom. The van der Waals surface area contributed by atoms with E-state index < -0.39 is 17.7 Å². The van der Waals surface area contributed by atoms with Gasteiger partial charge in [-0.2, -0.15) is 0 Å². The molecule has 0 saturated carbocycles. The zero-order chi connectivity index (χ0) is 29.9. The summed E-state index contributed by atoms with van der Waals surface area (Å²) >= 11 is 0. The molecule has 0 aliphatic rings. The van der Waals surface area contributed by atoms with Gasteiger partial charge in [-0.05, 0) is 45.5 Å². The lowest BCUT2D eigenvalue weighted by Gasteiger charge is -2.13. The van der Waals surface area contributed by atoms with Crippen LogP contribution in [0.4, 0.5) is 0 Å². The van der Waals surface area contributed by atoms with Gasteiger partial charge in [0, 0.05) is 11.1 Å². The average Bonchev–Trinajstić information content (AvgIpc) is 3.05. The van der Waals surface area contributed by atoms with Crippen LogP contribution in [0.2, 0.25) is 0 Å². The predicted octanol–water partition coefficient (Wildman–Crippen LogP) is 9.17. The van der Waals surface area contributed by atoms with Crippen LogP contribution in [0.5, 0.6) is 0 Å². The lowest BCUT2D eigenvalue weighted by molar-refractivity contribution is 0.609. The summed E-state index contributed by atoms with van der Waals surface area (Å²) in [5.74, 6) is 0. The van der Waals surface area contributed by atoms with E-state index in [0.717, 1.165) is 22.3 Å². The van der Waals surface area contributed by atoms with E-state index in [2.05, 4.69) is 0 Å². The van der Waals surface area contributed by atoms with Crippen molar-refractivity contribution in [2.24, 2.45) is 0 Å². The molecule has 0 aliphatic carbocycles. The Morgan fingerprint density at radius 3 is 0.953 bits per heavy atom. The normalized spacial score (nSPS) is 11.7. The highest BCUT2D eigenvalue weighted by Gasteiger charge is 2.31. The molecular weight excluding hydrogens is 593 g/mol. The first-order valence-corrected chi connectivity index (χ1v) is 18.3. The Kier molecular flexibility index (Phi) is 8.04. The Labute approximate surface area is 255 Å². The second kappa shape index (κ2) is 12.1. The third-order valence-electron chi connectivity index (χ3n) is 7.10. The van der Waals surface area contributed by atoms with E-state index in [1.54, 1.807) is 36.4 Å². The molecule has 0 amide bonds. The summed E-state index contributed by atoms with van der Waals surface area (Å²) in [4.78, 5) is -0.110. The molecule has 0 radical (unpaired) electrons. The van der Waals surface area contributed by atoms with E-state index in [1.165, 1.54) is 12.1 Å². The van der Waals surface area contributed by atoms with Gasteiger partial charge in [-0.1, -0.05) is 146 Å². The second-order valence-electron chi connectivity index (χ2n) is 9.86. The molecule has 212 valence electrons. The van der Waals surface area contributed by atoms with Crippen molar-refractivity contribution in [3.63, 3.8) is 0 Å². The molecule has 0 atom stereocenters. The van der Waals surface area contributed by atoms with Gasteiger partial charge in [0.15, 0.2) is 0 Å². The van der Waals surface area contributed by atoms with Gasteiger partial charge in [-0.25, -0.2) is 16.8 Å². The standard InChI is InChI=1S/C36H26O4S3/c37-42(38,35-17-9-7-15-33(35)31-23-19-29(20-24-31)27-11-3-1-4-12-27)41-43(39,40)36-18-10-8-16-34(36)32-25-21-30(22-26-32)28-13-5-2-6-14-28/h1-26H. The van der Waals surface area contributed by atoms with Crippen LogP contribution >= 0.6 is 9.83 Å². The summed E-state index contributed by atoms with van der Waals surface area (Å²) in [7, 11) is -8.67. The van der Waals surface area contributed by atoms with Crippen LogP contribution in [0.15, 0.2) is 168 Å². The minimum Gasteiger partial charge on any atom is -0.211 e. The zero-order valence-corrected chi connectivity index (χ0v) is 25.3. The first-order chi connectivity index (χ1) is 20.8. The molecule has 0 aliphatic heterocycles. The quantitative estimate of drug-likeness (QED) is 0.159. The topological polar surface area (TPSA) is 68.3 Å². The van der Waals surface area contributed by atoms with Crippen molar-refractivity contribution in [1.82, 2.24) is 0 Å². The molecule has 7 heteroatoms. The summed E-state index contributed by atoms with van der Waals surface area (Å²) in [6, 6.07) is 47.8. The first kappa shape index (κ1) is 28.7. The largest absolute Gasteiger partial charge is 0.245 e. The molecule has 0 fully saturated rings. The Hall–Kier alpha value is -4.43. The Morgan fingerprint density at radius 1 is 0.302 bits per heavy atom. The molecule has 0 N–H and O–H groups in total. The molecule has 0 saturated heterocycles. The minimum atomic E-state index is -4.32. The van der Waals surface area contributed by atoms with E-state index in [9.17, 15) is 16.8 Å². The molecule has 6 aromatic carbocycles. The number of hydrogen-bond acceptors (Lipinski definition) is 5. The van der Waals surface area contributed by atoms with Crippen molar-refractivity contribution in [2.75, 3.05) is 0 Å². The van der Waals surface area contributed by atoms with Gasteiger partial charge in [-0.3, -0.25) is 0 Å². The van der Waals surface area contributed by atoms with Gasteiger partial charge in [0.05, 0.1) is 9.79 Å². The summed E-state index contributed by atoms with van der Waals surface area (Å²) in [6.45, 7) is 0. The van der Waals surface area contributed by atoms with E-state index in [-0.39, 0.29) is 19.6 Å². The third-order valence-corrected chi connectivity index (χ3v) is 14.6. The molecule has 6 rings (SSSR count). The van der Waals surface area contributed by atoms with Crippen molar-refractivity contribution in [3.05, 3.63) is 158 Å². The van der Waals surface area contributed by atoms with E-state index >= 15 is 0 Å². The Bertz CT molecular complexity index is 1940. The van der Waals surface area contributed by atoms with Crippen molar-refractivity contribution in [3.8, 4) is 44.5 Å². The maximum atomic E-state index is 13.7. The van der Waals surface area contributed by atoms with Gasteiger partial charge in [0.1, 0.15) is 9.83 Å². The number of benzene rings is 6. The lowest BCUT2D eigenvalue weighted by Crippen LogP contribution is -2.06. The second-order valence-corrected chi connectivity index (χ2v) is 17.0. The van der Waals surface area contributed by atoms with Crippen LogP contribution in [-0.4, -0.2) is 16.8 Å². The summed E-state index contributed by atoms with van der Waals surface area (Å²) < 4.78 is 54.9. The molecule has 4 nitrogen and oxygen atoms in total. The molecular formula is C36H26O4S3.